The van der Waals surface area contributed by atoms with Gasteiger partial charge in [-0.3, -0.25) is 0 Å². The lowest BCUT2D eigenvalue weighted by molar-refractivity contribution is -0.0137. The number of benzene rings is 2. The molecule has 0 bridgehead atoms. The van der Waals surface area contributed by atoms with E-state index in [-0.39, 0.29) is 83.2 Å². The first-order valence-electron chi connectivity index (χ1n) is 20.6. The van der Waals surface area contributed by atoms with Gasteiger partial charge in [0.2, 0.25) is 0 Å². The van der Waals surface area contributed by atoms with Crippen molar-refractivity contribution in [3.05, 3.63) is 189 Å². The van der Waals surface area contributed by atoms with Crippen LogP contribution in [0, 0.1) is 46.5 Å². The molecule has 0 aliphatic heterocycles. The van der Waals surface area contributed by atoms with Crippen molar-refractivity contribution in [1.82, 2.24) is 69.4 Å². The third-order valence-corrected chi connectivity index (χ3v) is 12.2. The van der Waals surface area contributed by atoms with Crippen molar-refractivity contribution in [2.45, 2.75) is 75.7 Å². The van der Waals surface area contributed by atoms with Crippen molar-refractivity contribution in [2.24, 2.45) is 0 Å². The van der Waals surface area contributed by atoms with Crippen LogP contribution in [-0.4, -0.2) is 79.6 Å². The van der Waals surface area contributed by atoms with E-state index in [1.165, 1.54) is 62.4 Å². The monoisotopic (exact) mass is 1090 g/mol. The van der Waals surface area contributed by atoms with Gasteiger partial charge in [0.25, 0.3) is 0 Å². The molecule has 0 radical (unpaired) electrons. The van der Waals surface area contributed by atoms with E-state index in [0.717, 1.165) is 49.6 Å². The summed E-state index contributed by atoms with van der Waals surface area (Å²) >= 11 is 11.5. The van der Waals surface area contributed by atoms with Gasteiger partial charge in [-0.05, 0) is 12.1 Å². The van der Waals surface area contributed by atoms with Crippen molar-refractivity contribution < 1.29 is 45.3 Å². The molecular weight excluding hydrogens is 1050 g/mol. The van der Waals surface area contributed by atoms with Crippen LogP contribution in [0.5, 0.6) is 0 Å². The second-order valence-corrected chi connectivity index (χ2v) is 16.5. The lowest BCUT2D eigenvalue weighted by atomic mass is 9.79. The van der Waals surface area contributed by atoms with E-state index in [2.05, 4.69) is 60.0 Å². The van der Waals surface area contributed by atoms with Crippen LogP contribution in [0.1, 0.15) is 96.7 Å². The van der Waals surface area contributed by atoms with E-state index in [9.17, 15) is 36.6 Å². The quantitative estimate of drug-likeness (QED) is 0.0773. The van der Waals surface area contributed by atoms with Crippen LogP contribution >= 0.6 is 48.0 Å². The van der Waals surface area contributed by atoms with Crippen LogP contribution in [0.2, 0.25) is 10.3 Å². The molecule has 6 heterocycles. The zero-order chi connectivity index (χ0) is 50.7. The highest BCUT2D eigenvalue weighted by Crippen LogP contribution is 2.43. The molecule has 0 fully saturated rings. The van der Waals surface area contributed by atoms with Crippen LogP contribution < -0.4 is 0 Å². The summed E-state index contributed by atoms with van der Waals surface area (Å²) in [6, 6.07) is 5.31. The molecular formula is C44H38Cl4F8N14O2. The zero-order valence-electron chi connectivity index (χ0n) is 37.6. The van der Waals surface area contributed by atoms with Crippen LogP contribution in [0.15, 0.2) is 87.0 Å². The Morgan fingerprint density at radius 3 is 1.11 bits per heavy atom. The fraction of sp³-hybridized carbons (Fsp3) is 0.273. The maximum Gasteiger partial charge on any atom is 0.182 e. The minimum absolute atomic E-state index is 0. The average molecular weight is 1090 g/mol. The van der Waals surface area contributed by atoms with Crippen LogP contribution in [-0.2, 0) is 24.3 Å². The Kier molecular flexibility index (Phi) is 18.4. The Hall–Kier alpha value is -6.44. The Bertz CT molecular complexity index is 2930. The Labute approximate surface area is 425 Å². The van der Waals surface area contributed by atoms with E-state index < -0.39 is 91.7 Å². The summed E-state index contributed by atoms with van der Waals surface area (Å²) in [5.41, 5.74) is -6.30. The molecule has 8 aromatic rings. The number of halogens is 12. The summed E-state index contributed by atoms with van der Waals surface area (Å²) in [4.78, 5) is 38.2. The lowest BCUT2D eigenvalue weighted by Crippen LogP contribution is -2.39. The zero-order valence-corrected chi connectivity index (χ0v) is 40.7. The van der Waals surface area contributed by atoms with Gasteiger partial charge in [0.15, 0.2) is 33.6 Å². The van der Waals surface area contributed by atoms with Gasteiger partial charge in [-0.25, -0.2) is 94.3 Å². The van der Waals surface area contributed by atoms with E-state index >= 15 is 8.78 Å². The largest absolute Gasteiger partial charge is 0.382 e. The third-order valence-electron chi connectivity index (χ3n) is 11.7. The molecule has 2 N–H and O–H groups in total. The Morgan fingerprint density at radius 2 is 0.792 bits per heavy atom. The third kappa shape index (κ3) is 11.4. The summed E-state index contributed by atoms with van der Waals surface area (Å²) in [6.45, 7) is 5.04. The molecule has 380 valence electrons. The van der Waals surface area contributed by atoms with Crippen molar-refractivity contribution in [2.75, 3.05) is 0 Å². The first-order valence-corrected chi connectivity index (χ1v) is 21.3. The highest BCUT2D eigenvalue weighted by atomic mass is 35.5. The van der Waals surface area contributed by atoms with Gasteiger partial charge in [0.1, 0.15) is 85.1 Å². The molecule has 0 saturated heterocycles. The molecule has 16 nitrogen and oxygen atoms in total. The molecule has 0 unspecified atom stereocenters. The molecule has 0 aliphatic rings. The Morgan fingerprint density at radius 1 is 0.472 bits per heavy atom. The predicted molar refractivity (Wildman–Crippen MR) is 245 cm³/mol. The van der Waals surface area contributed by atoms with Crippen molar-refractivity contribution in [1.29, 1.82) is 0 Å². The minimum Gasteiger partial charge on any atom is -0.382 e. The van der Waals surface area contributed by atoms with Gasteiger partial charge in [-0.2, -0.15) is 10.2 Å². The van der Waals surface area contributed by atoms with E-state index in [4.69, 9.17) is 23.2 Å². The van der Waals surface area contributed by atoms with E-state index in [1.54, 1.807) is 0 Å². The second-order valence-electron chi connectivity index (χ2n) is 15.8. The topological polar surface area (TPSA) is 205 Å². The lowest BCUT2D eigenvalue weighted by Gasteiger charge is -2.34. The number of aromatic nitrogens is 14. The van der Waals surface area contributed by atoms with Gasteiger partial charge in [-0.1, -0.05) is 63.0 Å². The first kappa shape index (κ1) is 56.5. The van der Waals surface area contributed by atoms with E-state index in [1.807, 2.05) is 0 Å². The highest BCUT2D eigenvalue weighted by Gasteiger charge is 2.44. The number of hydrogen-bond donors (Lipinski definition) is 2. The van der Waals surface area contributed by atoms with E-state index in [0.29, 0.717) is 12.1 Å². The molecule has 8 rings (SSSR count). The average Bonchev–Trinajstić information content (AvgIpc) is 4.05. The van der Waals surface area contributed by atoms with Crippen molar-refractivity contribution in [3.8, 4) is 0 Å². The first-order chi connectivity index (χ1) is 33.3. The standard InChI is InChI=1S/2C22H18ClF4N7O.2ClH/c2*1-11(19-17(27)21(23)32-9-30-19)18-16(26)20(31-8-29-18)12(2)22(35,6-34-10-28-7-33-34)14-4-3-13(24)5-15(14)25;;/h2*3-5,7-12,35H,6H2,1-2H3;2*1H/t11-,12+,22-;11-,12-,22+;;/m10../s1. The SMILES string of the molecule is C[C@@H](c1ncnc(Cl)c1F)c1ncnc([C@H](C)[C@](O)(Cn2cncn2)c2ccc(F)cc2F)c1F.C[C@H](c1ncnc(Cl)c1F)c1ncnc([C@H](C)[C@](O)(Cn2cncn2)c2ccc(F)cc2F)c1F.Cl.Cl. The maximum atomic E-state index is 15.8. The van der Waals surface area contributed by atoms with Gasteiger partial charge in [0.05, 0.1) is 47.3 Å². The number of aliphatic hydroxyl groups is 2. The van der Waals surface area contributed by atoms with Crippen LogP contribution in [0.3, 0.4) is 0 Å². The molecule has 0 aliphatic carbocycles. The number of nitrogens with zero attached hydrogens (tertiary/aromatic N) is 14. The normalized spacial score (nSPS) is 14.6. The van der Waals surface area contributed by atoms with Gasteiger partial charge < -0.3 is 10.2 Å². The second kappa shape index (κ2) is 23.4. The molecule has 72 heavy (non-hydrogen) atoms. The molecule has 2 aromatic carbocycles. The van der Waals surface area contributed by atoms with Gasteiger partial charge >= 0.3 is 0 Å². The van der Waals surface area contributed by atoms with Crippen molar-refractivity contribution in [3.63, 3.8) is 0 Å². The number of hydrogen-bond acceptors (Lipinski definition) is 14. The maximum absolute atomic E-state index is 15.8. The number of rotatable bonds is 14. The molecule has 0 saturated carbocycles. The molecule has 0 amide bonds. The fourth-order valence-electron chi connectivity index (χ4n) is 7.75. The van der Waals surface area contributed by atoms with Crippen LogP contribution in [0.25, 0.3) is 0 Å². The Balaban J connectivity index is 0.000000260. The molecule has 28 heteroatoms. The van der Waals surface area contributed by atoms with Gasteiger partial charge in [-0.15, -0.1) is 24.8 Å². The highest BCUT2D eigenvalue weighted by molar-refractivity contribution is 6.29. The molecule has 0 spiro atoms. The van der Waals surface area contributed by atoms with Crippen LogP contribution in [0.4, 0.5) is 35.1 Å². The van der Waals surface area contributed by atoms with Crippen molar-refractivity contribution >= 4 is 48.0 Å². The van der Waals surface area contributed by atoms with Gasteiger partial charge in [0, 0.05) is 46.9 Å². The summed E-state index contributed by atoms with van der Waals surface area (Å²) in [6.07, 6.45) is 9.13. The summed E-state index contributed by atoms with van der Waals surface area (Å²) in [7, 11) is 0. The molecule has 6 aromatic heterocycles. The molecule has 6 atom stereocenters. The summed E-state index contributed by atoms with van der Waals surface area (Å²) < 4.78 is 120. The minimum atomic E-state index is -2.15. The summed E-state index contributed by atoms with van der Waals surface area (Å²) in [5.74, 6) is -12.0. The smallest absolute Gasteiger partial charge is 0.182 e. The predicted octanol–water partition coefficient (Wildman–Crippen LogP) is 8.67. The summed E-state index contributed by atoms with van der Waals surface area (Å²) in [5, 5.41) is 30.4. The fourth-order valence-corrected chi connectivity index (χ4v) is 8.04.